The molecule has 0 unspecified atom stereocenters. The topological polar surface area (TPSA) is 17.1 Å². The smallest absolute Gasteiger partial charge is 0.168 e. The number of hydrogen-bond acceptors (Lipinski definition) is 1. The molecule has 1 fully saturated rings. The summed E-state index contributed by atoms with van der Waals surface area (Å²) in [5, 5.41) is 0. The molecule has 1 saturated carbocycles. The van der Waals surface area contributed by atoms with Gasteiger partial charge in [-0.3, -0.25) is 4.79 Å². The van der Waals surface area contributed by atoms with Gasteiger partial charge in [0.2, 0.25) is 0 Å². The Hall–Kier alpha value is 0.250. The standard InChI is InChI=1S/C5H6Cl2O/c6-3-4(8)5(7)1-2-5/h1-3H2. The average molecular weight is 153 g/mol. The molecular formula is C5H6Cl2O. The van der Waals surface area contributed by atoms with Crippen molar-refractivity contribution in [2.45, 2.75) is 17.7 Å². The van der Waals surface area contributed by atoms with Crippen molar-refractivity contribution in [2.24, 2.45) is 0 Å². The first kappa shape index (κ1) is 6.37. The second-order valence-corrected chi connectivity index (χ2v) is 3.01. The normalized spacial score (nSPS) is 22.8. The highest BCUT2D eigenvalue weighted by molar-refractivity contribution is 6.42. The van der Waals surface area contributed by atoms with Crippen LogP contribution in [0.2, 0.25) is 0 Å². The largest absolute Gasteiger partial charge is 0.296 e. The van der Waals surface area contributed by atoms with E-state index in [4.69, 9.17) is 23.2 Å². The number of ketones is 1. The van der Waals surface area contributed by atoms with Crippen molar-refractivity contribution < 1.29 is 4.79 Å². The average Bonchev–Trinajstić information content (AvgIpc) is 2.47. The van der Waals surface area contributed by atoms with Gasteiger partial charge in [0, 0.05) is 0 Å². The molecule has 1 aliphatic carbocycles. The van der Waals surface area contributed by atoms with Crippen LogP contribution in [0, 0.1) is 0 Å². The van der Waals surface area contributed by atoms with Crippen LogP contribution in [-0.4, -0.2) is 16.5 Å². The lowest BCUT2D eigenvalue weighted by Crippen LogP contribution is -2.16. The number of carbonyl (C=O) groups excluding carboxylic acids is 1. The van der Waals surface area contributed by atoms with E-state index < -0.39 is 4.87 Å². The third-order valence-electron chi connectivity index (χ3n) is 1.31. The van der Waals surface area contributed by atoms with Crippen LogP contribution in [-0.2, 0) is 4.79 Å². The van der Waals surface area contributed by atoms with Crippen molar-refractivity contribution in [3.8, 4) is 0 Å². The van der Waals surface area contributed by atoms with Crippen LogP contribution in [0.5, 0.6) is 0 Å². The Morgan fingerprint density at radius 1 is 1.62 bits per heavy atom. The summed E-state index contributed by atoms with van der Waals surface area (Å²) in [5.41, 5.74) is 0. The Morgan fingerprint density at radius 2 is 2.12 bits per heavy atom. The molecule has 0 aliphatic heterocycles. The van der Waals surface area contributed by atoms with Crippen LogP contribution in [0.4, 0.5) is 0 Å². The fraction of sp³-hybridized carbons (Fsp3) is 0.800. The number of Topliss-reactive ketones (excluding diaryl/α,β-unsaturated/α-hetero) is 1. The molecule has 0 aromatic heterocycles. The molecule has 0 saturated heterocycles. The van der Waals surface area contributed by atoms with Gasteiger partial charge in [-0.05, 0) is 12.8 Å². The van der Waals surface area contributed by atoms with Crippen molar-refractivity contribution in [1.29, 1.82) is 0 Å². The van der Waals surface area contributed by atoms with Gasteiger partial charge in [0.25, 0.3) is 0 Å². The van der Waals surface area contributed by atoms with E-state index in [1.54, 1.807) is 0 Å². The summed E-state index contributed by atoms with van der Waals surface area (Å²) in [7, 11) is 0. The molecule has 1 rings (SSSR count). The van der Waals surface area contributed by atoms with Gasteiger partial charge in [0.1, 0.15) is 4.87 Å². The molecule has 1 nitrogen and oxygen atoms in total. The maximum Gasteiger partial charge on any atom is 0.168 e. The minimum atomic E-state index is -0.540. The molecule has 0 bridgehead atoms. The summed E-state index contributed by atoms with van der Waals surface area (Å²) in [6.45, 7) is 0. The number of alkyl halides is 2. The first-order valence-electron chi connectivity index (χ1n) is 2.47. The van der Waals surface area contributed by atoms with Crippen molar-refractivity contribution in [1.82, 2.24) is 0 Å². The summed E-state index contributed by atoms with van der Waals surface area (Å²) >= 11 is 10.9. The highest BCUT2D eigenvalue weighted by Crippen LogP contribution is 2.43. The minimum Gasteiger partial charge on any atom is -0.296 e. The zero-order valence-electron chi connectivity index (χ0n) is 4.29. The highest BCUT2D eigenvalue weighted by Gasteiger charge is 2.46. The fourth-order valence-electron chi connectivity index (χ4n) is 0.508. The number of halogens is 2. The lowest BCUT2D eigenvalue weighted by Gasteiger charge is -1.97. The maximum absolute atomic E-state index is 10.6. The zero-order valence-corrected chi connectivity index (χ0v) is 5.80. The van der Waals surface area contributed by atoms with Gasteiger partial charge < -0.3 is 0 Å². The predicted molar refractivity (Wildman–Crippen MR) is 33.5 cm³/mol. The van der Waals surface area contributed by atoms with E-state index in [0.717, 1.165) is 12.8 Å². The quantitative estimate of drug-likeness (QED) is 0.550. The highest BCUT2D eigenvalue weighted by atomic mass is 35.5. The molecule has 0 aromatic carbocycles. The Kier molecular flexibility index (Phi) is 1.50. The number of hydrogen-bond donors (Lipinski definition) is 0. The van der Waals surface area contributed by atoms with Crippen LogP contribution < -0.4 is 0 Å². The lowest BCUT2D eigenvalue weighted by atomic mass is 10.3. The van der Waals surface area contributed by atoms with E-state index in [1.165, 1.54) is 0 Å². The molecule has 46 valence electrons. The summed E-state index contributed by atoms with van der Waals surface area (Å²) < 4.78 is 0. The van der Waals surface area contributed by atoms with E-state index in [1.807, 2.05) is 0 Å². The molecule has 0 atom stereocenters. The lowest BCUT2D eigenvalue weighted by molar-refractivity contribution is -0.117. The predicted octanol–water partition coefficient (Wildman–Crippen LogP) is 1.57. The van der Waals surface area contributed by atoms with Gasteiger partial charge in [-0.25, -0.2) is 0 Å². The van der Waals surface area contributed by atoms with E-state index in [-0.39, 0.29) is 11.7 Å². The molecule has 0 amide bonds. The van der Waals surface area contributed by atoms with E-state index in [2.05, 4.69) is 0 Å². The SMILES string of the molecule is O=C(CCl)C1(Cl)CC1. The first-order chi connectivity index (χ1) is 3.69. The Bertz CT molecular complexity index is 118. The zero-order chi connectivity index (χ0) is 6.20. The van der Waals surface area contributed by atoms with Crippen LogP contribution in [0.25, 0.3) is 0 Å². The van der Waals surface area contributed by atoms with E-state index >= 15 is 0 Å². The van der Waals surface area contributed by atoms with Crippen molar-refractivity contribution >= 4 is 29.0 Å². The second-order valence-electron chi connectivity index (χ2n) is 2.02. The molecule has 0 N–H and O–H groups in total. The molecule has 0 spiro atoms. The number of carbonyl (C=O) groups is 1. The Morgan fingerprint density at radius 3 is 2.25 bits per heavy atom. The van der Waals surface area contributed by atoms with Gasteiger partial charge in [-0.1, -0.05) is 0 Å². The maximum atomic E-state index is 10.6. The molecule has 8 heavy (non-hydrogen) atoms. The van der Waals surface area contributed by atoms with Crippen molar-refractivity contribution in [3.63, 3.8) is 0 Å². The van der Waals surface area contributed by atoms with Crippen molar-refractivity contribution in [3.05, 3.63) is 0 Å². The summed E-state index contributed by atoms with van der Waals surface area (Å²) in [4.78, 5) is 10.1. The first-order valence-corrected chi connectivity index (χ1v) is 3.38. The molecular weight excluding hydrogens is 147 g/mol. The van der Waals surface area contributed by atoms with Crippen LogP contribution in [0.15, 0.2) is 0 Å². The molecule has 1 aliphatic rings. The monoisotopic (exact) mass is 152 g/mol. The van der Waals surface area contributed by atoms with Gasteiger partial charge >= 0.3 is 0 Å². The third-order valence-corrected chi connectivity index (χ3v) is 2.14. The summed E-state index contributed by atoms with van der Waals surface area (Å²) in [6, 6.07) is 0. The molecule has 0 aromatic rings. The molecule has 0 radical (unpaired) electrons. The van der Waals surface area contributed by atoms with Gasteiger partial charge in [-0.2, -0.15) is 0 Å². The van der Waals surface area contributed by atoms with Gasteiger partial charge in [0.15, 0.2) is 5.78 Å². The Balaban J connectivity index is 2.46. The van der Waals surface area contributed by atoms with Crippen LogP contribution in [0.1, 0.15) is 12.8 Å². The molecule has 0 heterocycles. The van der Waals surface area contributed by atoms with Crippen molar-refractivity contribution in [2.75, 3.05) is 5.88 Å². The van der Waals surface area contributed by atoms with Crippen LogP contribution in [0.3, 0.4) is 0 Å². The fourth-order valence-corrected chi connectivity index (χ4v) is 0.994. The minimum absolute atomic E-state index is 0.0270. The number of rotatable bonds is 2. The van der Waals surface area contributed by atoms with E-state index in [9.17, 15) is 4.79 Å². The van der Waals surface area contributed by atoms with Crippen LogP contribution >= 0.6 is 23.2 Å². The summed E-state index contributed by atoms with van der Waals surface area (Å²) in [5.74, 6) is 0.0320. The van der Waals surface area contributed by atoms with Gasteiger partial charge in [0.05, 0.1) is 5.88 Å². The second kappa shape index (κ2) is 1.89. The Labute approximate surface area is 58.0 Å². The van der Waals surface area contributed by atoms with E-state index in [0.29, 0.717) is 0 Å². The summed E-state index contributed by atoms with van der Waals surface area (Å²) in [6.07, 6.45) is 1.61. The third kappa shape index (κ3) is 0.981. The van der Waals surface area contributed by atoms with Gasteiger partial charge in [-0.15, -0.1) is 23.2 Å². The molecule has 3 heteroatoms.